The van der Waals surface area contributed by atoms with Crippen LogP contribution >= 0.6 is 0 Å². The third kappa shape index (κ3) is 5.91. The lowest BCUT2D eigenvalue weighted by molar-refractivity contribution is -0.139. The van der Waals surface area contributed by atoms with E-state index < -0.39 is 12.6 Å². The van der Waals surface area contributed by atoms with Crippen LogP contribution in [-0.4, -0.2) is 37.8 Å². The van der Waals surface area contributed by atoms with Crippen molar-refractivity contribution in [3.05, 3.63) is 48.0 Å². The van der Waals surface area contributed by atoms with Gasteiger partial charge in [0.15, 0.2) is 18.1 Å². The minimum Gasteiger partial charge on any atom is -0.493 e. The summed E-state index contributed by atoms with van der Waals surface area (Å²) in [4.78, 5) is 22.9. The highest BCUT2D eigenvalue weighted by Crippen LogP contribution is 2.28. The Morgan fingerprint density at radius 1 is 1.04 bits per heavy atom. The SMILES string of the molecule is COc1ccc(CC(C)C(=O)Nc2ccc(OCC(=O)O)cc2)cc1OC. The molecule has 2 rings (SSSR count). The molecule has 1 unspecified atom stereocenters. The second-order valence-electron chi connectivity index (χ2n) is 5.99. The Morgan fingerprint density at radius 3 is 2.30 bits per heavy atom. The van der Waals surface area contributed by atoms with Crippen molar-refractivity contribution in [1.29, 1.82) is 0 Å². The molecular weight excluding hydrogens is 350 g/mol. The number of amides is 1. The van der Waals surface area contributed by atoms with Crippen LogP contribution in [0.5, 0.6) is 17.2 Å². The van der Waals surface area contributed by atoms with E-state index in [0.29, 0.717) is 29.4 Å². The summed E-state index contributed by atoms with van der Waals surface area (Å²) in [6.07, 6.45) is 0.548. The molecule has 2 aromatic rings. The van der Waals surface area contributed by atoms with Crippen molar-refractivity contribution < 1.29 is 28.9 Å². The Bertz CT molecular complexity index is 788. The van der Waals surface area contributed by atoms with Gasteiger partial charge in [-0.3, -0.25) is 4.79 Å². The molecule has 0 aromatic heterocycles. The third-order valence-electron chi connectivity index (χ3n) is 3.92. The van der Waals surface area contributed by atoms with E-state index in [2.05, 4.69) is 5.32 Å². The van der Waals surface area contributed by atoms with Crippen LogP contribution in [-0.2, 0) is 16.0 Å². The molecule has 2 aromatic carbocycles. The molecule has 0 aliphatic heterocycles. The highest BCUT2D eigenvalue weighted by molar-refractivity contribution is 5.92. The molecule has 7 nitrogen and oxygen atoms in total. The first-order chi connectivity index (χ1) is 12.9. The minimum absolute atomic E-state index is 0.121. The van der Waals surface area contributed by atoms with Crippen molar-refractivity contribution in [1.82, 2.24) is 0 Å². The molecular formula is C20H23NO6. The van der Waals surface area contributed by atoms with Crippen molar-refractivity contribution in [3.63, 3.8) is 0 Å². The van der Waals surface area contributed by atoms with Crippen molar-refractivity contribution >= 4 is 17.6 Å². The lowest BCUT2D eigenvalue weighted by Crippen LogP contribution is -2.22. The lowest BCUT2D eigenvalue weighted by atomic mass is 10.00. The largest absolute Gasteiger partial charge is 0.493 e. The van der Waals surface area contributed by atoms with Crippen molar-refractivity contribution in [2.75, 3.05) is 26.1 Å². The minimum atomic E-state index is -1.05. The van der Waals surface area contributed by atoms with Crippen molar-refractivity contribution in [2.45, 2.75) is 13.3 Å². The van der Waals surface area contributed by atoms with Gasteiger partial charge < -0.3 is 24.6 Å². The number of carbonyl (C=O) groups excluding carboxylic acids is 1. The van der Waals surface area contributed by atoms with Gasteiger partial charge in [0.1, 0.15) is 5.75 Å². The van der Waals surface area contributed by atoms with E-state index >= 15 is 0 Å². The molecule has 0 aliphatic rings. The Hall–Kier alpha value is -3.22. The Labute approximate surface area is 157 Å². The molecule has 0 bridgehead atoms. The van der Waals surface area contributed by atoms with Crippen molar-refractivity contribution in [2.24, 2.45) is 5.92 Å². The highest BCUT2D eigenvalue weighted by atomic mass is 16.5. The Balaban J connectivity index is 1.94. The van der Waals surface area contributed by atoms with E-state index in [9.17, 15) is 9.59 Å². The van der Waals surface area contributed by atoms with Gasteiger partial charge in [0.2, 0.25) is 5.91 Å². The van der Waals surface area contributed by atoms with Gasteiger partial charge >= 0.3 is 5.97 Å². The molecule has 0 heterocycles. The smallest absolute Gasteiger partial charge is 0.341 e. The summed E-state index contributed by atoms with van der Waals surface area (Å²) in [6, 6.07) is 12.1. The van der Waals surface area contributed by atoms with E-state index in [1.165, 1.54) is 0 Å². The van der Waals surface area contributed by atoms with Crippen LogP contribution in [0.2, 0.25) is 0 Å². The molecule has 0 radical (unpaired) electrons. The van der Waals surface area contributed by atoms with E-state index in [-0.39, 0.29) is 11.8 Å². The molecule has 0 spiro atoms. The quantitative estimate of drug-likeness (QED) is 0.702. The average Bonchev–Trinajstić information content (AvgIpc) is 2.67. The van der Waals surface area contributed by atoms with E-state index in [1.54, 1.807) is 38.5 Å². The summed E-state index contributed by atoms with van der Waals surface area (Å²) in [5.74, 6) is 0.267. The molecule has 2 N–H and O–H groups in total. The first-order valence-corrected chi connectivity index (χ1v) is 8.39. The average molecular weight is 373 g/mol. The second-order valence-corrected chi connectivity index (χ2v) is 5.99. The monoisotopic (exact) mass is 373 g/mol. The number of ether oxygens (including phenoxy) is 3. The van der Waals surface area contributed by atoms with E-state index in [4.69, 9.17) is 19.3 Å². The molecule has 0 saturated heterocycles. The first-order valence-electron chi connectivity index (χ1n) is 8.39. The van der Waals surface area contributed by atoms with Crippen molar-refractivity contribution in [3.8, 4) is 17.2 Å². The number of hydrogen-bond acceptors (Lipinski definition) is 5. The zero-order valence-electron chi connectivity index (χ0n) is 15.5. The van der Waals surface area contributed by atoms with Crippen LogP contribution in [0.4, 0.5) is 5.69 Å². The van der Waals surface area contributed by atoms with Crippen LogP contribution in [0.15, 0.2) is 42.5 Å². The Morgan fingerprint density at radius 2 is 1.70 bits per heavy atom. The van der Waals surface area contributed by atoms with E-state index in [0.717, 1.165) is 5.56 Å². The van der Waals surface area contributed by atoms with Gasteiger partial charge in [-0.15, -0.1) is 0 Å². The van der Waals surface area contributed by atoms with Crippen LogP contribution in [0, 0.1) is 5.92 Å². The molecule has 0 saturated carbocycles. The van der Waals surface area contributed by atoms with Gasteiger partial charge in [-0.05, 0) is 48.4 Å². The lowest BCUT2D eigenvalue weighted by Gasteiger charge is -2.14. The van der Waals surface area contributed by atoms with Crippen LogP contribution in [0.1, 0.15) is 12.5 Å². The standard InChI is InChI=1S/C20H23NO6/c1-13(10-14-4-9-17(25-2)18(11-14)26-3)20(24)21-15-5-7-16(8-6-15)27-12-19(22)23/h4-9,11,13H,10,12H2,1-3H3,(H,21,24)(H,22,23). The summed E-state index contributed by atoms with van der Waals surface area (Å²) >= 11 is 0. The fraction of sp³-hybridized carbons (Fsp3) is 0.300. The molecule has 1 atom stereocenters. The predicted octanol–water partition coefficient (Wildman–Crippen LogP) is 2.98. The van der Waals surface area contributed by atoms with Gasteiger partial charge in [-0.25, -0.2) is 4.79 Å². The molecule has 1 amide bonds. The fourth-order valence-electron chi connectivity index (χ4n) is 2.50. The summed E-state index contributed by atoms with van der Waals surface area (Å²) in [5.41, 5.74) is 1.58. The second kappa shape index (κ2) is 9.47. The summed E-state index contributed by atoms with van der Waals surface area (Å²) in [7, 11) is 3.15. The number of benzene rings is 2. The topological polar surface area (TPSA) is 94.1 Å². The number of rotatable bonds is 9. The zero-order valence-corrected chi connectivity index (χ0v) is 15.5. The molecule has 7 heteroatoms. The van der Waals surface area contributed by atoms with Gasteiger partial charge in [-0.2, -0.15) is 0 Å². The molecule has 0 aliphatic carbocycles. The third-order valence-corrected chi connectivity index (χ3v) is 3.92. The zero-order chi connectivity index (χ0) is 19.8. The van der Waals surface area contributed by atoms with Gasteiger partial charge in [-0.1, -0.05) is 13.0 Å². The summed E-state index contributed by atoms with van der Waals surface area (Å²) in [6.45, 7) is 1.43. The van der Waals surface area contributed by atoms with E-state index in [1.807, 2.05) is 25.1 Å². The number of anilines is 1. The van der Waals surface area contributed by atoms with Crippen LogP contribution in [0.25, 0.3) is 0 Å². The maximum absolute atomic E-state index is 12.4. The summed E-state index contributed by atoms with van der Waals surface area (Å²) in [5, 5.41) is 11.4. The van der Waals surface area contributed by atoms with Crippen LogP contribution in [0.3, 0.4) is 0 Å². The number of carboxylic acid groups (broad SMARTS) is 1. The highest BCUT2D eigenvalue weighted by Gasteiger charge is 2.15. The van der Waals surface area contributed by atoms with Gasteiger partial charge in [0, 0.05) is 11.6 Å². The fourth-order valence-corrected chi connectivity index (χ4v) is 2.50. The number of carboxylic acids is 1. The van der Waals surface area contributed by atoms with Gasteiger partial charge in [0.25, 0.3) is 0 Å². The molecule has 0 fully saturated rings. The number of aliphatic carboxylic acids is 1. The van der Waals surface area contributed by atoms with Crippen LogP contribution < -0.4 is 19.5 Å². The van der Waals surface area contributed by atoms with Gasteiger partial charge in [0.05, 0.1) is 14.2 Å². The molecule has 27 heavy (non-hydrogen) atoms. The number of nitrogens with one attached hydrogen (secondary N) is 1. The maximum atomic E-state index is 12.4. The predicted molar refractivity (Wildman–Crippen MR) is 101 cm³/mol. The number of hydrogen-bond donors (Lipinski definition) is 2. The number of methoxy groups -OCH3 is 2. The normalized spacial score (nSPS) is 11.4. The molecule has 144 valence electrons. The Kier molecular flexibility index (Phi) is 7.05. The maximum Gasteiger partial charge on any atom is 0.341 e. The summed E-state index contributed by atoms with van der Waals surface area (Å²) < 4.78 is 15.6. The number of carbonyl (C=O) groups is 2. The first kappa shape index (κ1) is 20.1.